The fourth-order valence-electron chi connectivity index (χ4n) is 1.57. The minimum atomic E-state index is 0.568. The molecule has 1 nitrogen and oxygen atoms in total. The summed E-state index contributed by atoms with van der Waals surface area (Å²) in [6.07, 6.45) is 1.03. The Kier molecular flexibility index (Phi) is 4.41. The van der Waals surface area contributed by atoms with Crippen LogP contribution in [0.3, 0.4) is 0 Å². The summed E-state index contributed by atoms with van der Waals surface area (Å²) in [4.78, 5) is 0. The molecule has 0 aromatic heterocycles. The lowest BCUT2D eigenvalue weighted by atomic mass is 10.0. The van der Waals surface area contributed by atoms with Gasteiger partial charge < -0.3 is 5.32 Å². The zero-order valence-electron chi connectivity index (χ0n) is 10.0. The van der Waals surface area contributed by atoms with Crippen molar-refractivity contribution in [2.24, 2.45) is 0 Å². The highest BCUT2D eigenvalue weighted by Gasteiger charge is 2.04. The van der Waals surface area contributed by atoms with E-state index in [4.69, 9.17) is 0 Å². The Morgan fingerprint density at radius 3 is 2.60 bits per heavy atom. The Hall–Kier alpha value is -1.24. The second-order valence-corrected chi connectivity index (χ2v) is 4.38. The van der Waals surface area contributed by atoms with Gasteiger partial charge in [-0.1, -0.05) is 37.6 Å². The Morgan fingerprint density at radius 1 is 1.33 bits per heavy atom. The van der Waals surface area contributed by atoms with E-state index in [-0.39, 0.29) is 0 Å². The van der Waals surface area contributed by atoms with Crippen LogP contribution in [0, 0.1) is 0 Å². The molecule has 0 aliphatic carbocycles. The van der Waals surface area contributed by atoms with Gasteiger partial charge in [0, 0.05) is 12.2 Å². The highest BCUT2D eigenvalue weighted by molar-refractivity contribution is 5.52. The first-order chi connectivity index (χ1) is 7.11. The summed E-state index contributed by atoms with van der Waals surface area (Å²) in [5.74, 6) is 0.568. The van der Waals surface area contributed by atoms with E-state index in [2.05, 4.69) is 56.9 Å². The zero-order chi connectivity index (χ0) is 11.3. The van der Waals surface area contributed by atoms with Crippen LogP contribution >= 0.6 is 0 Å². The van der Waals surface area contributed by atoms with Crippen molar-refractivity contribution in [3.63, 3.8) is 0 Å². The molecule has 0 atom stereocenters. The molecule has 0 unspecified atom stereocenters. The van der Waals surface area contributed by atoms with Crippen molar-refractivity contribution in [1.82, 2.24) is 0 Å². The topological polar surface area (TPSA) is 12.0 Å². The molecule has 0 aliphatic rings. The van der Waals surface area contributed by atoms with E-state index in [0.717, 1.165) is 13.0 Å². The highest BCUT2D eigenvalue weighted by Crippen LogP contribution is 2.23. The van der Waals surface area contributed by atoms with Gasteiger partial charge in [0.1, 0.15) is 0 Å². The third kappa shape index (κ3) is 3.78. The van der Waals surface area contributed by atoms with Crippen LogP contribution in [0.15, 0.2) is 36.4 Å². The first-order valence-corrected chi connectivity index (χ1v) is 5.58. The summed E-state index contributed by atoms with van der Waals surface area (Å²) in [5, 5.41) is 3.47. The van der Waals surface area contributed by atoms with Crippen molar-refractivity contribution in [2.75, 3.05) is 11.9 Å². The maximum Gasteiger partial charge on any atom is 0.0375 e. The van der Waals surface area contributed by atoms with Crippen LogP contribution in [0.5, 0.6) is 0 Å². The van der Waals surface area contributed by atoms with Gasteiger partial charge in [-0.25, -0.2) is 0 Å². The second kappa shape index (κ2) is 5.59. The van der Waals surface area contributed by atoms with E-state index in [0.29, 0.717) is 5.92 Å². The minimum Gasteiger partial charge on any atom is -0.384 e. The molecule has 0 saturated carbocycles. The first kappa shape index (κ1) is 11.8. The minimum absolute atomic E-state index is 0.568. The molecular weight excluding hydrogens is 182 g/mol. The summed E-state index contributed by atoms with van der Waals surface area (Å²) in [6, 6.07) is 8.51. The number of para-hydroxylation sites is 1. The van der Waals surface area contributed by atoms with Crippen molar-refractivity contribution in [2.45, 2.75) is 33.1 Å². The molecule has 0 heterocycles. The lowest BCUT2D eigenvalue weighted by Gasteiger charge is -2.14. The summed E-state index contributed by atoms with van der Waals surface area (Å²) in [6.45, 7) is 11.4. The van der Waals surface area contributed by atoms with Crippen LogP contribution < -0.4 is 5.32 Å². The van der Waals surface area contributed by atoms with Crippen LogP contribution in [0.2, 0.25) is 0 Å². The fourth-order valence-corrected chi connectivity index (χ4v) is 1.57. The fraction of sp³-hybridized carbons (Fsp3) is 0.429. The van der Waals surface area contributed by atoms with Crippen molar-refractivity contribution < 1.29 is 0 Å². The van der Waals surface area contributed by atoms with Crippen molar-refractivity contribution in [1.29, 1.82) is 0 Å². The molecule has 1 rings (SSSR count). The van der Waals surface area contributed by atoms with Gasteiger partial charge in [-0.2, -0.15) is 0 Å². The molecular formula is C14H21N. The van der Waals surface area contributed by atoms with Crippen LogP contribution in [-0.2, 0) is 0 Å². The van der Waals surface area contributed by atoms with E-state index in [1.807, 2.05) is 0 Å². The van der Waals surface area contributed by atoms with E-state index in [1.54, 1.807) is 0 Å². The number of rotatable bonds is 5. The van der Waals surface area contributed by atoms with Crippen molar-refractivity contribution in [3.05, 3.63) is 42.0 Å². The molecule has 0 radical (unpaired) electrons. The molecule has 82 valence electrons. The first-order valence-electron chi connectivity index (χ1n) is 5.58. The van der Waals surface area contributed by atoms with Gasteiger partial charge in [0.05, 0.1) is 0 Å². The maximum absolute atomic E-state index is 3.90. The molecule has 0 bridgehead atoms. The summed E-state index contributed by atoms with van der Waals surface area (Å²) >= 11 is 0. The largest absolute Gasteiger partial charge is 0.384 e. The SMILES string of the molecule is C=C(C)CCNc1ccccc1C(C)C. The third-order valence-electron chi connectivity index (χ3n) is 2.45. The average molecular weight is 203 g/mol. The molecule has 1 aromatic rings. The number of hydrogen-bond donors (Lipinski definition) is 1. The van der Waals surface area contributed by atoms with Crippen LogP contribution in [0.25, 0.3) is 0 Å². The average Bonchev–Trinajstić information content (AvgIpc) is 2.17. The van der Waals surface area contributed by atoms with Gasteiger partial charge in [-0.05, 0) is 30.9 Å². The van der Waals surface area contributed by atoms with Gasteiger partial charge in [0.2, 0.25) is 0 Å². The monoisotopic (exact) mass is 203 g/mol. The summed E-state index contributed by atoms with van der Waals surface area (Å²) < 4.78 is 0. The normalized spacial score (nSPS) is 10.4. The Bertz CT molecular complexity index is 326. The van der Waals surface area contributed by atoms with Gasteiger partial charge in [0.25, 0.3) is 0 Å². The van der Waals surface area contributed by atoms with Gasteiger partial charge >= 0.3 is 0 Å². The second-order valence-electron chi connectivity index (χ2n) is 4.38. The molecule has 15 heavy (non-hydrogen) atoms. The lowest BCUT2D eigenvalue weighted by molar-refractivity contribution is 0.863. The number of benzene rings is 1. The predicted molar refractivity (Wildman–Crippen MR) is 68.5 cm³/mol. The molecule has 1 aromatic carbocycles. The summed E-state index contributed by atoms with van der Waals surface area (Å²) in [5.41, 5.74) is 3.87. The van der Waals surface area contributed by atoms with Crippen LogP contribution in [-0.4, -0.2) is 6.54 Å². The summed E-state index contributed by atoms with van der Waals surface area (Å²) in [7, 11) is 0. The number of hydrogen-bond acceptors (Lipinski definition) is 1. The molecule has 1 heteroatoms. The van der Waals surface area contributed by atoms with E-state index in [1.165, 1.54) is 16.8 Å². The van der Waals surface area contributed by atoms with Gasteiger partial charge in [0.15, 0.2) is 0 Å². The van der Waals surface area contributed by atoms with Crippen LogP contribution in [0.1, 0.15) is 38.7 Å². The van der Waals surface area contributed by atoms with Gasteiger partial charge in [-0.15, -0.1) is 6.58 Å². The maximum atomic E-state index is 3.90. The van der Waals surface area contributed by atoms with E-state index in [9.17, 15) is 0 Å². The van der Waals surface area contributed by atoms with E-state index >= 15 is 0 Å². The lowest BCUT2D eigenvalue weighted by Crippen LogP contribution is -2.05. The molecule has 1 N–H and O–H groups in total. The van der Waals surface area contributed by atoms with E-state index < -0.39 is 0 Å². The number of anilines is 1. The van der Waals surface area contributed by atoms with Crippen LogP contribution in [0.4, 0.5) is 5.69 Å². The Balaban J connectivity index is 2.63. The predicted octanol–water partition coefficient (Wildman–Crippen LogP) is 4.19. The zero-order valence-corrected chi connectivity index (χ0v) is 10.0. The third-order valence-corrected chi connectivity index (χ3v) is 2.45. The van der Waals surface area contributed by atoms with Gasteiger partial charge in [-0.3, -0.25) is 0 Å². The standard InChI is InChI=1S/C14H21N/c1-11(2)9-10-15-14-8-6-5-7-13(14)12(3)4/h5-8,12,15H,1,9-10H2,2-4H3. The Labute approximate surface area is 93.2 Å². The molecule has 0 amide bonds. The smallest absolute Gasteiger partial charge is 0.0375 e. The Morgan fingerprint density at radius 2 is 2.00 bits per heavy atom. The van der Waals surface area contributed by atoms with Crippen molar-refractivity contribution in [3.8, 4) is 0 Å². The quantitative estimate of drug-likeness (QED) is 0.708. The molecule has 0 fully saturated rings. The molecule has 0 saturated heterocycles. The highest BCUT2D eigenvalue weighted by atomic mass is 14.9. The molecule has 0 aliphatic heterocycles. The molecule has 0 spiro atoms. The number of nitrogens with one attached hydrogen (secondary N) is 1. The van der Waals surface area contributed by atoms with Crippen molar-refractivity contribution >= 4 is 5.69 Å².